The molecule has 1 aromatic heterocycles. The van der Waals surface area contributed by atoms with E-state index in [0.717, 1.165) is 24.3 Å². The third-order valence-corrected chi connectivity index (χ3v) is 2.64. The van der Waals surface area contributed by atoms with Crippen LogP contribution in [0.15, 0.2) is 12.3 Å². The van der Waals surface area contributed by atoms with E-state index in [1.165, 1.54) is 0 Å². The van der Waals surface area contributed by atoms with Crippen molar-refractivity contribution < 1.29 is 9.53 Å². The molecule has 19 heavy (non-hydrogen) atoms. The van der Waals surface area contributed by atoms with Gasteiger partial charge >= 0.3 is 0 Å². The average Bonchev–Trinajstić information content (AvgIpc) is 2.36. The molecule has 1 heterocycles. The highest BCUT2D eigenvalue weighted by molar-refractivity contribution is 5.99. The number of ether oxygens (including phenoxy) is 1. The van der Waals surface area contributed by atoms with Gasteiger partial charge in [0.1, 0.15) is 0 Å². The van der Waals surface area contributed by atoms with Crippen molar-refractivity contribution in [3.8, 4) is 0 Å². The first-order chi connectivity index (χ1) is 9.08. The van der Waals surface area contributed by atoms with Crippen molar-refractivity contribution in [3.63, 3.8) is 0 Å². The van der Waals surface area contributed by atoms with E-state index in [1.54, 1.807) is 13.3 Å². The summed E-state index contributed by atoms with van der Waals surface area (Å²) in [6, 6.07) is 1.86. The largest absolute Gasteiger partial charge is 0.384 e. The molecule has 0 bridgehead atoms. The normalized spacial score (nSPS) is 12.0. The van der Waals surface area contributed by atoms with E-state index < -0.39 is 0 Å². The minimum atomic E-state index is -0.129. The Morgan fingerprint density at radius 3 is 2.89 bits per heavy atom. The second kappa shape index (κ2) is 7.74. The van der Waals surface area contributed by atoms with E-state index >= 15 is 0 Å². The van der Waals surface area contributed by atoms with Crippen LogP contribution in [-0.4, -0.2) is 37.2 Å². The number of carbonyl (C=O) groups is 1. The highest BCUT2D eigenvalue weighted by atomic mass is 16.5. The predicted octanol–water partition coefficient (Wildman–Crippen LogP) is 1.98. The number of hydrogen-bond acceptors (Lipinski definition) is 4. The van der Waals surface area contributed by atoms with Gasteiger partial charge in [-0.25, -0.2) is 0 Å². The van der Waals surface area contributed by atoms with Crippen molar-refractivity contribution in [2.75, 3.05) is 25.6 Å². The van der Waals surface area contributed by atoms with Gasteiger partial charge in [-0.1, -0.05) is 6.92 Å². The van der Waals surface area contributed by atoms with Gasteiger partial charge in [0.25, 0.3) is 5.91 Å². The quantitative estimate of drug-likeness (QED) is 0.791. The van der Waals surface area contributed by atoms with Crippen LogP contribution in [0.2, 0.25) is 0 Å². The van der Waals surface area contributed by atoms with Crippen LogP contribution in [0, 0.1) is 6.92 Å². The van der Waals surface area contributed by atoms with Crippen molar-refractivity contribution in [2.24, 2.45) is 0 Å². The molecule has 0 aliphatic carbocycles. The smallest absolute Gasteiger partial charge is 0.255 e. The first kappa shape index (κ1) is 15.4. The highest BCUT2D eigenvalue weighted by Crippen LogP contribution is 2.15. The fourth-order valence-electron chi connectivity index (χ4n) is 1.74. The molecule has 0 spiro atoms. The molecule has 1 atom stereocenters. The Hall–Kier alpha value is -1.62. The zero-order valence-electron chi connectivity index (χ0n) is 12.1. The minimum absolute atomic E-state index is 0.0298. The Bertz CT molecular complexity index is 421. The molecule has 5 heteroatoms. The first-order valence-electron chi connectivity index (χ1n) is 6.58. The number of aryl methyl sites for hydroxylation is 1. The number of nitrogens with one attached hydrogen (secondary N) is 2. The first-order valence-corrected chi connectivity index (χ1v) is 6.58. The molecular weight excluding hydrogens is 242 g/mol. The van der Waals surface area contributed by atoms with Crippen molar-refractivity contribution in [1.82, 2.24) is 10.3 Å². The summed E-state index contributed by atoms with van der Waals surface area (Å²) >= 11 is 0. The monoisotopic (exact) mass is 265 g/mol. The van der Waals surface area contributed by atoms with Gasteiger partial charge in [-0.05, 0) is 26.3 Å². The molecule has 5 nitrogen and oxygen atoms in total. The van der Waals surface area contributed by atoms with Crippen LogP contribution in [0.4, 0.5) is 5.69 Å². The van der Waals surface area contributed by atoms with Gasteiger partial charge in [0.15, 0.2) is 0 Å². The Labute approximate surface area is 114 Å². The second-order valence-corrected chi connectivity index (χ2v) is 4.63. The summed E-state index contributed by atoms with van der Waals surface area (Å²) in [5, 5.41) is 6.15. The maximum absolute atomic E-state index is 12.2. The number of pyridine rings is 1. The Kier molecular flexibility index (Phi) is 6.29. The van der Waals surface area contributed by atoms with Crippen LogP contribution >= 0.6 is 0 Å². The summed E-state index contributed by atoms with van der Waals surface area (Å²) in [5.74, 6) is -0.129. The molecule has 0 saturated carbocycles. The van der Waals surface area contributed by atoms with Crippen LogP contribution in [0.1, 0.15) is 36.3 Å². The van der Waals surface area contributed by atoms with E-state index in [4.69, 9.17) is 4.74 Å². The molecule has 0 aliphatic rings. The second-order valence-electron chi connectivity index (χ2n) is 4.63. The van der Waals surface area contributed by atoms with Crippen LogP contribution in [-0.2, 0) is 4.74 Å². The van der Waals surface area contributed by atoms with Crippen LogP contribution in [0.5, 0.6) is 0 Å². The number of amides is 1. The van der Waals surface area contributed by atoms with E-state index in [2.05, 4.69) is 22.5 Å². The zero-order chi connectivity index (χ0) is 14.3. The summed E-state index contributed by atoms with van der Waals surface area (Å²) in [6.07, 6.45) is 2.62. The van der Waals surface area contributed by atoms with Crippen molar-refractivity contribution in [1.29, 1.82) is 0 Å². The highest BCUT2D eigenvalue weighted by Gasteiger charge is 2.14. The van der Waals surface area contributed by atoms with Crippen LogP contribution in [0.3, 0.4) is 0 Å². The minimum Gasteiger partial charge on any atom is -0.384 e. The van der Waals surface area contributed by atoms with E-state index in [-0.39, 0.29) is 11.9 Å². The number of aromatic nitrogens is 1. The third-order valence-electron chi connectivity index (χ3n) is 2.64. The van der Waals surface area contributed by atoms with Gasteiger partial charge in [0, 0.05) is 31.6 Å². The lowest BCUT2D eigenvalue weighted by atomic mass is 10.2. The maximum atomic E-state index is 12.2. The molecule has 2 N–H and O–H groups in total. The molecule has 0 radical (unpaired) electrons. The lowest BCUT2D eigenvalue weighted by Crippen LogP contribution is -2.36. The van der Waals surface area contributed by atoms with Gasteiger partial charge in [-0.2, -0.15) is 0 Å². The molecule has 1 rings (SSSR count). The van der Waals surface area contributed by atoms with Gasteiger partial charge < -0.3 is 15.4 Å². The van der Waals surface area contributed by atoms with Crippen molar-refractivity contribution in [3.05, 3.63) is 23.5 Å². The number of anilines is 1. The van der Waals surface area contributed by atoms with Gasteiger partial charge in [0.2, 0.25) is 0 Å². The molecule has 0 aromatic carbocycles. The molecule has 1 amide bonds. The Morgan fingerprint density at radius 2 is 2.26 bits per heavy atom. The molecular formula is C14H23N3O2. The van der Waals surface area contributed by atoms with E-state index in [9.17, 15) is 4.79 Å². The summed E-state index contributed by atoms with van der Waals surface area (Å²) in [4.78, 5) is 16.4. The summed E-state index contributed by atoms with van der Waals surface area (Å²) in [6.45, 7) is 7.22. The summed E-state index contributed by atoms with van der Waals surface area (Å²) in [5.41, 5.74) is 2.29. The van der Waals surface area contributed by atoms with E-state index in [0.29, 0.717) is 12.2 Å². The fraction of sp³-hybridized carbons (Fsp3) is 0.571. The number of hydrogen-bond donors (Lipinski definition) is 2. The standard InChI is InChI=1S/C14H23N3O2/c1-5-6-15-13-7-10(2)16-8-12(13)14(18)17-11(3)9-19-4/h7-8,11H,5-6,9H2,1-4H3,(H,15,16)(H,17,18). The summed E-state index contributed by atoms with van der Waals surface area (Å²) in [7, 11) is 1.62. The third kappa shape index (κ3) is 4.87. The van der Waals surface area contributed by atoms with Gasteiger partial charge in [-0.3, -0.25) is 9.78 Å². The Morgan fingerprint density at radius 1 is 1.53 bits per heavy atom. The summed E-state index contributed by atoms with van der Waals surface area (Å²) < 4.78 is 5.01. The Balaban J connectivity index is 2.82. The van der Waals surface area contributed by atoms with Gasteiger partial charge in [0.05, 0.1) is 17.9 Å². The molecule has 1 aromatic rings. The molecule has 106 valence electrons. The topological polar surface area (TPSA) is 63.2 Å². The fourth-order valence-corrected chi connectivity index (χ4v) is 1.74. The van der Waals surface area contributed by atoms with E-state index in [1.807, 2.05) is 19.9 Å². The SMILES string of the molecule is CCCNc1cc(C)ncc1C(=O)NC(C)COC. The average molecular weight is 265 g/mol. The maximum Gasteiger partial charge on any atom is 0.255 e. The number of methoxy groups -OCH3 is 1. The predicted molar refractivity (Wildman–Crippen MR) is 76.6 cm³/mol. The van der Waals surface area contributed by atoms with Crippen LogP contribution in [0.25, 0.3) is 0 Å². The number of nitrogens with zero attached hydrogens (tertiary/aromatic N) is 1. The van der Waals surface area contributed by atoms with Crippen molar-refractivity contribution >= 4 is 11.6 Å². The molecule has 0 fully saturated rings. The number of rotatable bonds is 7. The van der Waals surface area contributed by atoms with Gasteiger partial charge in [-0.15, -0.1) is 0 Å². The molecule has 0 aliphatic heterocycles. The molecule has 1 unspecified atom stereocenters. The zero-order valence-corrected chi connectivity index (χ0v) is 12.1. The lowest BCUT2D eigenvalue weighted by Gasteiger charge is -2.15. The molecule has 0 saturated heterocycles. The van der Waals surface area contributed by atoms with Crippen LogP contribution < -0.4 is 10.6 Å². The lowest BCUT2D eigenvalue weighted by molar-refractivity contribution is 0.0906. The van der Waals surface area contributed by atoms with Crippen molar-refractivity contribution in [2.45, 2.75) is 33.2 Å². The number of carbonyl (C=O) groups excluding carboxylic acids is 1.